The van der Waals surface area contributed by atoms with E-state index in [1.807, 2.05) is 0 Å². The number of ether oxygens (including phenoxy) is 2. The first-order valence-corrected chi connectivity index (χ1v) is 8.83. The average Bonchev–Trinajstić information content (AvgIpc) is 2.46. The van der Waals surface area contributed by atoms with Gasteiger partial charge in [-0.3, -0.25) is 0 Å². The van der Waals surface area contributed by atoms with Crippen LogP contribution in [-0.2, 0) is 9.84 Å². The second-order valence-electron chi connectivity index (χ2n) is 5.19. The molecule has 0 aliphatic carbocycles. The summed E-state index contributed by atoms with van der Waals surface area (Å²) in [6, 6.07) is 11.0. The van der Waals surface area contributed by atoms with Gasteiger partial charge >= 0.3 is 0 Å². The molecule has 0 saturated carbocycles. The Kier molecular flexibility index (Phi) is 5.12. The van der Waals surface area contributed by atoms with Crippen LogP contribution >= 0.6 is 0 Å². The van der Waals surface area contributed by atoms with E-state index >= 15 is 0 Å². The molecule has 0 aliphatic rings. The predicted molar refractivity (Wildman–Crippen MR) is 87.7 cm³/mol. The van der Waals surface area contributed by atoms with E-state index < -0.39 is 9.84 Å². The van der Waals surface area contributed by atoms with Crippen LogP contribution in [0.1, 0.15) is 6.92 Å². The minimum Gasteiger partial charge on any atom is -0.488 e. The van der Waals surface area contributed by atoms with Crippen LogP contribution in [0.25, 0.3) is 0 Å². The zero-order valence-corrected chi connectivity index (χ0v) is 13.7. The molecule has 7 heteroatoms. The maximum absolute atomic E-state index is 11.4. The van der Waals surface area contributed by atoms with Crippen molar-refractivity contribution in [1.29, 1.82) is 0 Å². The number of anilines is 1. The van der Waals surface area contributed by atoms with E-state index in [1.54, 1.807) is 37.3 Å². The molecular formula is C16H19NO5S. The first kappa shape index (κ1) is 17.1. The van der Waals surface area contributed by atoms with E-state index in [-0.39, 0.29) is 17.6 Å². The summed E-state index contributed by atoms with van der Waals surface area (Å²) in [5.74, 6) is 1.41. The molecule has 1 atom stereocenters. The third-order valence-electron chi connectivity index (χ3n) is 2.98. The van der Waals surface area contributed by atoms with Gasteiger partial charge in [-0.1, -0.05) is 0 Å². The van der Waals surface area contributed by atoms with Crippen molar-refractivity contribution in [2.45, 2.75) is 17.9 Å². The number of aliphatic hydroxyl groups is 1. The van der Waals surface area contributed by atoms with Gasteiger partial charge in [0.05, 0.1) is 11.5 Å². The van der Waals surface area contributed by atoms with Crippen LogP contribution < -0.4 is 15.2 Å². The lowest BCUT2D eigenvalue weighted by molar-refractivity contribution is 0.129. The van der Waals surface area contributed by atoms with Crippen molar-refractivity contribution < 1.29 is 23.0 Å². The summed E-state index contributed by atoms with van der Waals surface area (Å²) in [6.07, 6.45) is 0.783. The molecule has 23 heavy (non-hydrogen) atoms. The van der Waals surface area contributed by atoms with E-state index in [4.69, 9.17) is 20.3 Å². The van der Waals surface area contributed by atoms with E-state index in [9.17, 15) is 8.42 Å². The van der Waals surface area contributed by atoms with Crippen molar-refractivity contribution in [3.8, 4) is 17.2 Å². The van der Waals surface area contributed by atoms with Crippen LogP contribution in [0.2, 0.25) is 0 Å². The third-order valence-corrected chi connectivity index (χ3v) is 4.11. The molecule has 0 amide bonds. The quantitative estimate of drug-likeness (QED) is 0.784. The number of nitrogens with two attached hydrogens (primary N) is 1. The molecule has 3 N–H and O–H groups in total. The van der Waals surface area contributed by atoms with E-state index in [2.05, 4.69) is 0 Å². The topological polar surface area (TPSA) is 98.8 Å². The smallest absolute Gasteiger partial charge is 0.175 e. The summed E-state index contributed by atoms with van der Waals surface area (Å²) in [4.78, 5) is 0.221. The van der Waals surface area contributed by atoms with Gasteiger partial charge in [0.25, 0.3) is 0 Å². The molecule has 2 aromatic rings. The summed E-state index contributed by atoms with van der Waals surface area (Å²) in [5.41, 5.74) is 6.26. The van der Waals surface area contributed by atoms with Crippen molar-refractivity contribution in [3.63, 3.8) is 0 Å². The van der Waals surface area contributed by atoms with Crippen LogP contribution in [0.5, 0.6) is 17.2 Å². The van der Waals surface area contributed by atoms with Gasteiger partial charge in [-0.2, -0.15) is 0 Å². The van der Waals surface area contributed by atoms with Crippen LogP contribution in [0.3, 0.4) is 0 Å². The standard InChI is InChI=1S/C16H19NO5S/c1-11(10-18)21-14-7-12(17)8-15(9-14)22-13-3-5-16(6-4-13)23(2,19)20/h3-9,11,18H,10,17H2,1-2H3/t11-/m0/s1. The normalized spacial score (nSPS) is 12.7. The lowest BCUT2D eigenvalue weighted by Gasteiger charge is -2.14. The number of nitrogen functional groups attached to an aromatic ring is 1. The zero-order chi connectivity index (χ0) is 17.0. The first-order chi connectivity index (χ1) is 10.8. The maximum atomic E-state index is 11.4. The van der Waals surface area contributed by atoms with E-state index in [0.29, 0.717) is 22.9 Å². The Bertz CT molecular complexity index is 772. The van der Waals surface area contributed by atoms with Crippen LogP contribution in [0.4, 0.5) is 5.69 Å². The molecule has 124 valence electrons. The fourth-order valence-corrected chi connectivity index (χ4v) is 2.51. The molecule has 0 spiro atoms. The second-order valence-corrected chi connectivity index (χ2v) is 7.21. The number of rotatable bonds is 6. The Labute approximate surface area is 135 Å². The van der Waals surface area contributed by atoms with Crippen LogP contribution in [0.15, 0.2) is 47.4 Å². The molecule has 0 unspecified atom stereocenters. The minimum atomic E-state index is -3.24. The van der Waals surface area contributed by atoms with Gasteiger partial charge in [0.1, 0.15) is 23.4 Å². The highest BCUT2D eigenvalue weighted by Gasteiger charge is 2.09. The molecule has 0 aliphatic heterocycles. The summed E-state index contributed by atoms with van der Waals surface area (Å²) >= 11 is 0. The maximum Gasteiger partial charge on any atom is 0.175 e. The SMILES string of the molecule is C[C@@H](CO)Oc1cc(N)cc(Oc2ccc(S(C)(=O)=O)cc2)c1. The van der Waals surface area contributed by atoms with Crippen molar-refractivity contribution in [3.05, 3.63) is 42.5 Å². The zero-order valence-electron chi connectivity index (χ0n) is 12.9. The van der Waals surface area contributed by atoms with Crippen LogP contribution in [0, 0.1) is 0 Å². The van der Waals surface area contributed by atoms with Crippen molar-refractivity contribution >= 4 is 15.5 Å². The lowest BCUT2D eigenvalue weighted by Crippen LogP contribution is -2.16. The molecule has 2 aromatic carbocycles. The van der Waals surface area contributed by atoms with E-state index in [1.165, 1.54) is 12.1 Å². The Morgan fingerprint density at radius 2 is 1.70 bits per heavy atom. The third kappa shape index (κ3) is 4.87. The molecule has 0 fully saturated rings. The lowest BCUT2D eigenvalue weighted by atomic mass is 10.2. The first-order valence-electron chi connectivity index (χ1n) is 6.94. The number of sulfone groups is 1. The second kappa shape index (κ2) is 6.89. The van der Waals surface area contributed by atoms with Crippen molar-refractivity contribution in [2.75, 3.05) is 18.6 Å². The van der Waals surface area contributed by atoms with Crippen molar-refractivity contribution in [2.24, 2.45) is 0 Å². The average molecular weight is 337 g/mol. The molecule has 0 heterocycles. The van der Waals surface area contributed by atoms with Gasteiger partial charge in [-0.05, 0) is 31.2 Å². The Hall–Kier alpha value is -2.25. The van der Waals surface area contributed by atoms with Crippen molar-refractivity contribution in [1.82, 2.24) is 0 Å². The molecule has 6 nitrogen and oxygen atoms in total. The number of benzene rings is 2. The molecular weight excluding hydrogens is 318 g/mol. The Morgan fingerprint density at radius 1 is 1.09 bits per heavy atom. The monoisotopic (exact) mass is 337 g/mol. The van der Waals surface area contributed by atoms with E-state index in [0.717, 1.165) is 6.26 Å². The molecule has 0 aromatic heterocycles. The molecule has 2 rings (SSSR count). The van der Waals surface area contributed by atoms with Gasteiger partial charge in [-0.25, -0.2) is 8.42 Å². The fourth-order valence-electron chi connectivity index (χ4n) is 1.88. The van der Waals surface area contributed by atoms with Gasteiger partial charge in [0.2, 0.25) is 0 Å². The fraction of sp³-hybridized carbons (Fsp3) is 0.250. The summed E-state index contributed by atoms with van der Waals surface area (Å²) in [5, 5.41) is 9.02. The Morgan fingerprint density at radius 3 is 2.26 bits per heavy atom. The molecule has 0 saturated heterocycles. The number of hydrogen-bond donors (Lipinski definition) is 2. The van der Waals surface area contributed by atoms with Gasteiger partial charge in [0.15, 0.2) is 9.84 Å². The highest BCUT2D eigenvalue weighted by Crippen LogP contribution is 2.29. The number of hydrogen-bond acceptors (Lipinski definition) is 6. The van der Waals surface area contributed by atoms with Gasteiger partial charge in [0, 0.05) is 30.1 Å². The minimum absolute atomic E-state index is 0.113. The highest BCUT2D eigenvalue weighted by molar-refractivity contribution is 7.90. The summed E-state index contributed by atoms with van der Waals surface area (Å²) in [7, 11) is -3.24. The summed E-state index contributed by atoms with van der Waals surface area (Å²) < 4.78 is 34.0. The highest BCUT2D eigenvalue weighted by atomic mass is 32.2. The van der Waals surface area contributed by atoms with Gasteiger partial charge < -0.3 is 20.3 Å². The largest absolute Gasteiger partial charge is 0.488 e. The summed E-state index contributed by atoms with van der Waals surface area (Å²) in [6.45, 7) is 1.62. The molecule has 0 bridgehead atoms. The number of aliphatic hydroxyl groups excluding tert-OH is 1. The molecule has 0 radical (unpaired) electrons. The van der Waals surface area contributed by atoms with Crippen LogP contribution in [-0.4, -0.2) is 32.5 Å². The predicted octanol–water partition coefficient (Wildman–Crippen LogP) is 2.22. The van der Waals surface area contributed by atoms with Gasteiger partial charge in [-0.15, -0.1) is 0 Å². The Balaban J connectivity index is 2.19.